The maximum atomic E-state index is 12.6. The largest absolute Gasteiger partial charge is 0.391 e. The Hall–Kier alpha value is -1.18. The first kappa shape index (κ1) is 20.9. The molecule has 1 saturated heterocycles. The van der Waals surface area contributed by atoms with Crippen molar-refractivity contribution in [3.05, 3.63) is 0 Å². The molecule has 140 valence electrons. The number of hydrogen-bond acceptors (Lipinski definition) is 5. The highest BCUT2D eigenvalue weighted by atomic mass is 16.5. The molecule has 1 aliphatic rings. The van der Waals surface area contributed by atoms with Gasteiger partial charge in [0.1, 0.15) is 6.04 Å². The van der Waals surface area contributed by atoms with Gasteiger partial charge in [0.15, 0.2) is 0 Å². The number of carbonyl (C=O) groups is 2. The first-order valence-electron chi connectivity index (χ1n) is 8.60. The van der Waals surface area contributed by atoms with Crippen molar-refractivity contribution in [2.45, 2.75) is 46.3 Å². The normalized spacial score (nSPS) is 19.0. The molecule has 0 aromatic rings. The molecule has 2 atom stereocenters. The first-order chi connectivity index (χ1) is 11.1. The van der Waals surface area contributed by atoms with Gasteiger partial charge in [0.2, 0.25) is 11.8 Å². The van der Waals surface area contributed by atoms with Gasteiger partial charge in [-0.15, -0.1) is 0 Å². The number of hydrogen-bond donors (Lipinski definition) is 2. The standard InChI is InChI=1S/C17H33N3O4/c1-13(21)18-14(6-11-24-5)16(23)20-9-7-19(8-10-20)12-15(22)17(2,3)4/h14-15,22H,6-12H2,1-5H3,(H,18,21). The van der Waals surface area contributed by atoms with Crippen LogP contribution in [0.25, 0.3) is 0 Å². The van der Waals surface area contributed by atoms with Crippen molar-refractivity contribution in [3.63, 3.8) is 0 Å². The van der Waals surface area contributed by atoms with Crippen molar-refractivity contribution in [2.24, 2.45) is 5.41 Å². The van der Waals surface area contributed by atoms with Gasteiger partial charge in [-0.05, 0) is 11.8 Å². The van der Waals surface area contributed by atoms with Crippen LogP contribution >= 0.6 is 0 Å². The van der Waals surface area contributed by atoms with E-state index in [9.17, 15) is 14.7 Å². The number of aliphatic hydroxyl groups is 1. The zero-order chi connectivity index (χ0) is 18.3. The number of aliphatic hydroxyl groups excluding tert-OH is 1. The maximum Gasteiger partial charge on any atom is 0.245 e. The Balaban J connectivity index is 2.52. The summed E-state index contributed by atoms with van der Waals surface area (Å²) in [7, 11) is 1.58. The van der Waals surface area contributed by atoms with E-state index < -0.39 is 12.1 Å². The van der Waals surface area contributed by atoms with Gasteiger partial charge in [0.25, 0.3) is 0 Å². The van der Waals surface area contributed by atoms with Crippen LogP contribution in [0.4, 0.5) is 0 Å². The average Bonchev–Trinajstić information content (AvgIpc) is 2.50. The van der Waals surface area contributed by atoms with Crippen LogP contribution < -0.4 is 5.32 Å². The van der Waals surface area contributed by atoms with E-state index in [-0.39, 0.29) is 17.2 Å². The average molecular weight is 343 g/mol. The van der Waals surface area contributed by atoms with Crippen molar-refractivity contribution in [2.75, 3.05) is 46.4 Å². The van der Waals surface area contributed by atoms with E-state index in [1.165, 1.54) is 6.92 Å². The van der Waals surface area contributed by atoms with E-state index >= 15 is 0 Å². The molecular weight excluding hydrogens is 310 g/mol. The monoisotopic (exact) mass is 343 g/mol. The zero-order valence-corrected chi connectivity index (χ0v) is 15.7. The van der Waals surface area contributed by atoms with Crippen LogP contribution in [-0.2, 0) is 14.3 Å². The van der Waals surface area contributed by atoms with E-state index in [1.54, 1.807) is 12.0 Å². The van der Waals surface area contributed by atoms with Crippen LogP contribution in [0, 0.1) is 5.41 Å². The Bertz CT molecular complexity index is 415. The lowest BCUT2D eigenvalue weighted by molar-refractivity contribution is -0.138. The van der Waals surface area contributed by atoms with Crippen LogP contribution in [0.15, 0.2) is 0 Å². The minimum absolute atomic E-state index is 0.0572. The minimum Gasteiger partial charge on any atom is -0.391 e. The fraction of sp³-hybridized carbons (Fsp3) is 0.882. The van der Waals surface area contributed by atoms with Crippen molar-refractivity contribution < 1.29 is 19.4 Å². The van der Waals surface area contributed by atoms with Gasteiger partial charge in [0.05, 0.1) is 6.10 Å². The lowest BCUT2D eigenvalue weighted by Gasteiger charge is -2.39. The summed E-state index contributed by atoms with van der Waals surface area (Å²) in [6, 6.07) is -0.533. The van der Waals surface area contributed by atoms with E-state index in [1.807, 2.05) is 20.8 Å². The molecule has 0 saturated carbocycles. The third-order valence-electron chi connectivity index (χ3n) is 4.40. The molecule has 1 fully saturated rings. The number of amides is 2. The third-order valence-corrected chi connectivity index (χ3v) is 4.40. The molecule has 0 aromatic heterocycles. The lowest BCUT2D eigenvalue weighted by Crippen LogP contribution is -2.56. The first-order valence-corrected chi connectivity index (χ1v) is 8.60. The number of ether oxygens (including phenoxy) is 1. The summed E-state index contributed by atoms with van der Waals surface area (Å²) in [5, 5.41) is 12.9. The summed E-state index contributed by atoms with van der Waals surface area (Å²) in [4.78, 5) is 27.9. The van der Waals surface area contributed by atoms with Crippen molar-refractivity contribution in [1.29, 1.82) is 0 Å². The van der Waals surface area contributed by atoms with Crippen LogP contribution in [0.5, 0.6) is 0 Å². The van der Waals surface area contributed by atoms with Gasteiger partial charge in [-0.25, -0.2) is 0 Å². The van der Waals surface area contributed by atoms with Gasteiger partial charge in [0, 0.05) is 53.4 Å². The summed E-state index contributed by atoms with van der Waals surface area (Å²) >= 11 is 0. The Labute approximate surface area is 145 Å². The number of piperazine rings is 1. The SMILES string of the molecule is COCCC(NC(C)=O)C(=O)N1CCN(CC(O)C(C)(C)C)CC1. The number of nitrogens with one attached hydrogen (secondary N) is 1. The van der Waals surface area contributed by atoms with E-state index in [0.29, 0.717) is 32.7 Å². The van der Waals surface area contributed by atoms with E-state index in [0.717, 1.165) is 13.1 Å². The second-order valence-electron chi connectivity index (χ2n) is 7.54. The van der Waals surface area contributed by atoms with Crippen molar-refractivity contribution in [3.8, 4) is 0 Å². The molecule has 0 aliphatic carbocycles. The highest BCUT2D eigenvalue weighted by Crippen LogP contribution is 2.20. The summed E-state index contributed by atoms with van der Waals surface area (Å²) < 4.78 is 5.03. The Morgan fingerprint density at radius 3 is 2.25 bits per heavy atom. The van der Waals surface area contributed by atoms with Crippen molar-refractivity contribution >= 4 is 11.8 Å². The van der Waals surface area contributed by atoms with Gasteiger partial charge < -0.3 is 20.1 Å². The highest BCUT2D eigenvalue weighted by molar-refractivity contribution is 5.86. The molecule has 0 aromatic carbocycles. The summed E-state index contributed by atoms with van der Waals surface area (Å²) in [6.07, 6.45) is 0.0753. The second kappa shape index (κ2) is 9.34. The van der Waals surface area contributed by atoms with Crippen LogP contribution in [0.1, 0.15) is 34.1 Å². The number of rotatable bonds is 7. The molecule has 7 heteroatoms. The molecule has 2 N–H and O–H groups in total. The molecule has 2 amide bonds. The Kier molecular flexibility index (Phi) is 8.12. The fourth-order valence-electron chi connectivity index (χ4n) is 2.63. The number of β-amino-alcohol motifs (C(OH)–C–C–N with tert-alkyl or cyclic N) is 1. The second-order valence-corrected chi connectivity index (χ2v) is 7.54. The fourth-order valence-corrected chi connectivity index (χ4v) is 2.63. The highest BCUT2D eigenvalue weighted by Gasteiger charge is 2.30. The smallest absolute Gasteiger partial charge is 0.245 e. The molecule has 1 rings (SSSR count). The minimum atomic E-state index is -0.533. The van der Waals surface area contributed by atoms with Crippen LogP contribution in [0.2, 0.25) is 0 Å². The topological polar surface area (TPSA) is 82.1 Å². The Morgan fingerprint density at radius 2 is 1.79 bits per heavy atom. The molecule has 0 spiro atoms. The molecular formula is C17H33N3O4. The maximum absolute atomic E-state index is 12.6. The molecule has 1 heterocycles. The molecule has 1 aliphatic heterocycles. The van der Waals surface area contributed by atoms with Crippen LogP contribution in [-0.4, -0.2) is 85.3 Å². The number of nitrogens with zero attached hydrogens (tertiary/aromatic N) is 2. The summed E-state index contributed by atoms with van der Waals surface area (Å²) in [5.41, 5.74) is -0.149. The van der Waals surface area contributed by atoms with E-state index in [4.69, 9.17) is 4.74 Å². The van der Waals surface area contributed by atoms with Gasteiger partial charge in [-0.3, -0.25) is 14.5 Å². The molecule has 24 heavy (non-hydrogen) atoms. The zero-order valence-electron chi connectivity index (χ0n) is 15.7. The molecule has 0 radical (unpaired) electrons. The Morgan fingerprint density at radius 1 is 1.21 bits per heavy atom. The molecule has 0 bridgehead atoms. The number of carbonyl (C=O) groups excluding carboxylic acids is 2. The van der Waals surface area contributed by atoms with Gasteiger partial charge >= 0.3 is 0 Å². The molecule has 7 nitrogen and oxygen atoms in total. The van der Waals surface area contributed by atoms with Gasteiger partial charge in [-0.2, -0.15) is 0 Å². The van der Waals surface area contributed by atoms with Crippen LogP contribution in [0.3, 0.4) is 0 Å². The predicted octanol–water partition coefficient (Wildman–Crippen LogP) is 0.0788. The lowest BCUT2D eigenvalue weighted by atomic mass is 9.89. The summed E-state index contributed by atoms with van der Waals surface area (Å²) in [6.45, 7) is 11.2. The van der Waals surface area contributed by atoms with Gasteiger partial charge in [-0.1, -0.05) is 20.8 Å². The summed E-state index contributed by atoms with van der Waals surface area (Å²) in [5.74, 6) is -0.269. The van der Waals surface area contributed by atoms with E-state index in [2.05, 4.69) is 10.2 Å². The number of methoxy groups -OCH3 is 1. The van der Waals surface area contributed by atoms with Crippen molar-refractivity contribution in [1.82, 2.24) is 15.1 Å². The predicted molar refractivity (Wildman–Crippen MR) is 92.6 cm³/mol. The quantitative estimate of drug-likeness (QED) is 0.684. The third kappa shape index (κ3) is 6.75. The molecule has 2 unspecified atom stereocenters.